The van der Waals surface area contributed by atoms with E-state index < -0.39 is 0 Å². The first-order chi connectivity index (χ1) is 25.5. The molecule has 0 fully saturated rings. The van der Waals surface area contributed by atoms with Crippen LogP contribution in [-0.4, -0.2) is 9.97 Å². The maximum Gasteiger partial charge on any atom is 0.160 e. The maximum atomic E-state index is 6.31. The first-order valence-corrected chi connectivity index (χ1v) is 17.8. The number of benzene rings is 7. The Balaban J connectivity index is 0.999. The van der Waals surface area contributed by atoms with Crippen LogP contribution in [0.5, 0.6) is 0 Å². The molecule has 2 aromatic heterocycles. The number of aromatic nitrogens is 2. The van der Waals surface area contributed by atoms with Gasteiger partial charge in [-0.05, 0) is 57.1 Å². The summed E-state index contributed by atoms with van der Waals surface area (Å²) in [5, 5.41) is 2.28. The second-order valence-electron chi connectivity index (χ2n) is 14.2. The van der Waals surface area contributed by atoms with Gasteiger partial charge in [0.25, 0.3) is 0 Å². The van der Waals surface area contributed by atoms with Gasteiger partial charge in [-0.3, -0.25) is 0 Å². The molecule has 7 aromatic carbocycles. The van der Waals surface area contributed by atoms with Gasteiger partial charge in [0.05, 0.1) is 11.4 Å². The van der Waals surface area contributed by atoms with Crippen molar-refractivity contribution in [2.45, 2.75) is 19.3 Å². The van der Waals surface area contributed by atoms with Crippen molar-refractivity contribution in [1.82, 2.24) is 9.97 Å². The van der Waals surface area contributed by atoms with Gasteiger partial charge in [0, 0.05) is 38.4 Å². The third kappa shape index (κ3) is 4.89. The largest absolute Gasteiger partial charge is 0.455 e. The molecule has 9 aromatic rings. The first-order valence-electron chi connectivity index (χ1n) is 17.8. The predicted molar refractivity (Wildman–Crippen MR) is 214 cm³/mol. The van der Waals surface area contributed by atoms with Crippen LogP contribution in [-0.2, 0) is 5.41 Å². The van der Waals surface area contributed by atoms with Gasteiger partial charge in [-0.15, -0.1) is 0 Å². The van der Waals surface area contributed by atoms with Crippen molar-refractivity contribution < 1.29 is 4.42 Å². The minimum Gasteiger partial charge on any atom is -0.455 e. The van der Waals surface area contributed by atoms with E-state index in [0.717, 1.165) is 78.1 Å². The van der Waals surface area contributed by atoms with Crippen molar-refractivity contribution in [1.29, 1.82) is 0 Å². The third-order valence-corrected chi connectivity index (χ3v) is 10.8. The van der Waals surface area contributed by atoms with E-state index in [9.17, 15) is 0 Å². The van der Waals surface area contributed by atoms with E-state index in [2.05, 4.69) is 153 Å². The van der Waals surface area contributed by atoms with E-state index in [0.29, 0.717) is 0 Å². The van der Waals surface area contributed by atoms with Crippen molar-refractivity contribution in [3.05, 3.63) is 181 Å². The van der Waals surface area contributed by atoms with Crippen LogP contribution in [0.3, 0.4) is 0 Å². The summed E-state index contributed by atoms with van der Waals surface area (Å²) >= 11 is 0. The third-order valence-electron chi connectivity index (χ3n) is 10.8. The number of fused-ring (bicyclic) bond motifs is 6. The fourth-order valence-corrected chi connectivity index (χ4v) is 7.97. The summed E-state index contributed by atoms with van der Waals surface area (Å²) in [6.45, 7) is 4.64. The van der Waals surface area contributed by atoms with E-state index in [1.165, 1.54) is 22.3 Å². The van der Waals surface area contributed by atoms with Gasteiger partial charge in [-0.1, -0.05) is 166 Å². The molecular weight excluding hydrogens is 633 g/mol. The smallest absolute Gasteiger partial charge is 0.160 e. The molecule has 1 aliphatic carbocycles. The summed E-state index contributed by atoms with van der Waals surface area (Å²) in [4.78, 5) is 10.2. The molecule has 0 bridgehead atoms. The number of nitrogens with zero attached hydrogens (tertiary/aromatic N) is 2. The zero-order valence-corrected chi connectivity index (χ0v) is 29.0. The van der Waals surface area contributed by atoms with Crippen molar-refractivity contribution >= 4 is 21.9 Å². The van der Waals surface area contributed by atoms with Crippen LogP contribution < -0.4 is 0 Å². The van der Waals surface area contributed by atoms with Gasteiger partial charge in [0.15, 0.2) is 5.82 Å². The molecule has 0 saturated carbocycles. The molecular formula is C49H34N2O. The predicted octanol–water partition coefficient (Wildman–Crippen LogP) is 13.0. The second-order valence-corrected chi connectivity index (χ2v) is 14.2. The zero-order chi connectivity index (χ0) is 34.8. The Labute approximate surface area is 302 Å². The summed E-state index contributed by atoms with van der Waals surface area (Å²) in [7, 11) is 0. The molecule has 0 saturated heterocycles. The van der Waals surface area contributed by atoms with Gasteiger partial charge in [-0.25, -0.2) is 9.97 Å². The average molecular weight is 667 g/mol. The van der Waals surface area contributed by atoms with Gasteiger partial charge >= 0.3 is 0 Å². The number of furan rings is 1. The molecule has 10 rings (SSSR count). The molecule has 246 valence electrons. The minimum absolute atomic E-state index is 0.0884. The Morgan fingerprint density at radius 2 is 0.981 bits per heavy atom. The van der Waals surface area contributed by atoms with Crippen molar-refractivity contribution in [3.8, 4) is 67.3 Å². The van der Waals surface area contributed by atoms with Crippen LogP contribution in [0.2, 0.25) is 0 Å². The number of para-hydroxylation sites is 2. The summed E-state index contributed by atoms with van der Waals surface area (Å²) in [5.41, 5.74) is 16.5. The quantitative estimate of drug-likeness (QED) is 0.183. The number of hydrogen-bond donors (Lipinski definition) is 0. The monoisotopic (exact) mass is 666 g/mol. The highest BCUT2D eigenvalue weighted by Crippen LogP contribution is 2.49. The highest BCUT2D eigenvalue weighted by Gasteiger charge is 2.35. The van der Waals surface area contributed by atoms with Crippen LogP contribution in [0.25, 0.3) is 89.2 Å². The molecule has 1 aliphatic rings. The van der Waals surface area contributed by atoms with Crippen LogP contribution in [0.4, 0.5) is 0 Å². The molecule has 52 heavy (non-hydrogen) atoms. The van der Waals surface area contributed by atoms with Crippen LogP contribution in [0.1, 0.15) is 25.0 Å². The fourth-order valence-electron chi connectivity index (χ4n) is 7.97. The van der Waals surface area contributed by atoms with Crippen LogP contribution >= 0.6 is 0 Å². The standard InChI is InChI=1S/C49H34N2O/c1-49(2)42-17-8-6-13-38(42)39-28-27-36(29-43(39)49)45-30-44(50-48(51-45)35-11-4-3-5-12-35)34-25-21-32(22-26-34)31-19-23-33(24-20-31)37-15-10-16-41-40-14-7-9-18-46(40)52-47(37)41/h3-30H,1-2H3. The summed E-state index contributed by atoms with van der Waals surface area (Å²) in [6, 6.07) is 60.0. The number of rotatable bonds is 5. The van der Waals surface area contributed by atoms with Gasteiger partial charge in [0.2, 0.25) is 0 Å². The van der Waals surface area contributed by atoms with Gasteiger partial charge < -0.3 is 4.42 Å². The van der Waals surface area contributed by atoms with Gasteiger partial charge in [-0.2, -0.15) is 0 Å². The Hall–Kier alpha value is -6.58. The maximum absolute atomic E-state index is 6.31. The van der Waals surface area contributed by atoms with Crippen LogP contribution in [0.15, 0.2) is 174 Å². The van der Waals surface area contributed by atoms with Gasteiger partial charge in [0.1, 0.15) is 11.2 Å². The van der Waals surface area contributed by atoms with Crippen LogP contribution in [0, 0.1) is 0 Å². The zero-order valence-electron chi connectivity index (χ0n) is 29.0. The molecule has 2 heterocycles. The highest BCUT2D eigenvalue weighted by atomic mass is 16.3. The number of hydrogen-bond acceptors (Lipinski definition) is 3. The second kappa shape index (κ2) is 11.8. The molecule has 0 aliphatic heterocycles. The Kier molecular flexibility index (Phi) is 6.84. The topological polar surface area (TPSA) is 38.9 Å². The average Bonchev–Trinajstić information content (AvgIpc) is 3.70. The SMILES string of the molecule is CC1(C)c2ccccc2-c2ccc(-c3cc(-c4ccc(-c5ccc(-c6cccc7c6oc6ccccc67)cc5)cc4)nc(-c4ccccc4)n3)cc21. The van der Waals surface area contributed by atoms with E-state index in [1.807, 2.05) is 30.3 Å². The molecule has 3 heteroatoms. The Morgan fingerprint density at radius 3 is 1.77 bits per heavy atom. The normalized spacial score (nSPS) is 13.0. The Bertz CT molecular complexity index is 2790. The lowest BCUT2D eigenvalue weighted by molar-refractivity contribution is 0.660. The molecule has 0 amide bonds. The molecule has 0 radical (unpaired) electrons. The van der Waals surface area contributed by atoms with E-state index >= 15 is 0 Å². The molecule has 0 unspecified atom stereocenters. The summed E-state index contributed by atoms with van der Waals surface area (Å²) in [6.07, 6.45) is 0. The molecule has 0 N–H and O–H groups in total. The minimum atomic E-state index is -0.0884. The van der Waals surface area contributed by atoms with E-state index in [4.69, 9.17) is 14.4 Å². The summed E-state index contributed by atoms with van der Waals surface area (Å²) < 4.78 is 6.31. The van der Waals surface area contributed by atoms with Crippen molar-refractivity contribution in [2.75, 3.05) is 0 Å². The van der Waals surface area contributed by atoms with E-state index in [-0.39, 0.29) is 5.41 Å². The first kappa shape index (κ1) is 30.3. The lowest BCUT2D eigenvalue weighted by Gasteiger charge is -2.22. The Morgan fingerprint density at radius 1 is 0.404 bits per heavy atom. The van der Waals surface area contributed by atoms with E-state index in [1.54, 1.807) is 0 Å². The molecule has 0 spiro atoms. The fraction of sp³-hybridized carbons (Fsp3) is 0.0612. The molecule has 0 atom stereocenters. The summed E-state index contributed by atoms with van der Waals surface area (Å²) in [5.74, 6) is 0.718. The van der Waals surface area contributed by atoms with Crippen molar-refractivity contribution in [3.63, 3.8) is 0 Å². The lowest BCUT2D eigenvalue weighted by Crippen LogP contribution is -2.14. The van der Waals surface area contributed by atoms with Crippen molar-refractivity contribution in [2.24, 2.45) is 0 Å². The molecule has 3 nitrogen and oxygen atoms in total. The lowest BCUT2D eigenvalue weighted by atomic mass is 9.82. The highest BCUT2D eigenvalue weighted by molar-refractivity contribution is 6.09.